The Balaban J connectivity index is 2.09. The van der Waals surface area contributed by atoms with E-state index in [1.54, 1.807) is 0 Å². The van der Waals surface area contributed by atoms with Gasteiger partial charge >= 0.3 is 0 Å². The Labute approximate surface area is 102 Å². The van der Waals surface area contributed by atoms with Crippen LogP contribution in [0.2, 0.25) is 0 Å². The summed E-state index contributed by atoms with van der Waals surface area (Å²) in [4.78, 5) is 14.2. The zero-order chi connectivity index (χ0) is 12.3. The molecule has 1 aromatic rings. The largest absolute Gasteiger partial charge is 0.493 e. The maximum absolute atomic E-state index is 12.1. The number of nitrogens with zero attached hydrogens (tertiary/aromatic N) is 1. The fourth-order valence-corrected chi connectivity index (χ4v) is 2.10. The Morgan fingerprint density at radius 1 is 1.35 bits per heavy atom. The van der Waals surface area contributed by atoms with E-state index in [4.69, 9.17) is 4.74 Å². The smallest absolute Gasteiger partial charge is 0.176 e. The quantitative estimate of drug-likeness (QED) is 0.730. The van der Waals surface area contributed by atoms with Gasteiger partial charge in [0.15, 0.2) is 5.78 Å². The highest BCUT2D eigenvalue weighted by Gasteiger charge is 2.16. The molecule has 3 heteroatoms. The van der Waals surface area contributed by atoms with Crippen LogP contribution in [-0.4, -0.2) is 36.9 Å². The number of carbonyl (C=O) groups is 1. The summed E-state index contributed by atoms with van der Waals surface area (Å²) in [6, 6.07) is 5.77. The van der Waals surface area contributed by atoms with E-state index >= 15 is 0 Å². The lowest BCUT2D eigenvalue weighted by Crippen LogP contribution is -2.29. The molecule has 17 heavy (non-hydrogen) atoms. The van der Waals surface area contributed by atoms with Crippen molar-refractivity contribution in [2.45, 2.75) is 20.3 Å². The van der Waals surface area contributed by atoms with E-state index < -0.39 is 0 Å². The molecule has 0 aliphatic carbocycles. The van der Waals surface area contributed by atoms with Crippen LogP contribution in [0.1, 0.15) is 29.8 Å². The molecule has 0 amide bonds. The topological polar surface area (TPSA) is 29.5 Å². The van der Waals surface area contributed by atoms with Crippen LogP contribution in [0.3, 0.4) is 0 Å². The number of fused-ring (bicyclic) bond motifs is 1. The van der Waals surface area contributed by atoms with Crippen molar-refractivity contribution in [2.75, 3.05) is 26.2 Å². The molecular formula is C14H19NO2. The van der Waals surface area contributed by atoms with Gasteiger partial charge in [0.2, 0.25) is 0 Å². The number of carbonyl (C=O) groups excluding carboxylic acids is 1. The van der Waals surface area contributed by atoms with Gasteiger partial charge in [-0.3, -0.25) is 9.69 Å². The lowest BCUT2D eigenvalue weighted by molar-refractivity contribution is 0.0937. The average molecular weight is 233 g/mol. The van der Waals surface area contributed by atoms with Crippen LogP contribution in [0.5, 0.6) is 5.75 Å². The molecule has 0 radical (unpaired) electrons. The number of hydrogen-bond acceptors (Lipinski definition) is 3. The predicted molar refractivity (Wildman–Crippen MR) is 67.8 cm³/mol. The van der Waals surface area contributed by atoms with E-state index in [1.165, 1.54) is 0 Å². The second kappa shape index (κ2) is 5.32. The fraction of sp³-hybridized carbons (Fsp3) is 0.500. The van der Waals surface area contributed by atoms with Crippen molar-refractivity contribution < 1.29 is 9.53 Å². The van der Waals surface area contributed by atoms with Crippen molar-refractivity contribution in [3.63, 3.8) is 0 Å². The molecule has 0 aromatic heterocycles. The number of ketones is 1. The van der Waals surface area contributed by atoms with Gasteiger partial charge in [0.25, 0.3) is 0 Å². The third-order valence-electron chi connectivity index (χ3n) is 3.27. The van der Waals surface area contributed by atoms with E-state index in [1.807, 2.05) is 18.2 Å². The number of Topliss-reactive ketones (excluding diaryl/α,β-unsaturated/α-hetero) is 1. The highest BCUT2D eigenvalue weighted by Crippen LogP contribution is 2.26. The van der Waals surface area contributed by atoms with Crippen LogP contribution in [0.15, 0.2) is 18.2 Å². The summed E-state index contributed by atoms with van der Waals surface area (Å²) in [5.41, 5.74) is 1.97. The summed E-state index contributed by atoms with van der Waals surface area (Å²) in [6.45, 7) is 7.23. The summed E-state index contributed by atoms with van der Waals surface area (Å²) < 4.78 is 5.43. The van der Waals surface area contributed by atoms with Gasteiger partial charge in [-0.15, -0.1) is 0 Å². The first-order chi connectivity index (χ1) is 8.24. The Hall–Kier alpha value is -1.35. The number of hydrogen-bond donors (Lipinski definition) is 0. The maximum atomic E-state index is 12.1. The molecule has 1 aliphatic heterocycles. The van der Waals surface area contributed by atoms with Crippen LogP contribution >= 0.6 is 0 Å². The van der Waals surface area contributed by atoms with Gasteiger partial charge in [0.05, 0.1) is 13.2 Å². The average Bonchev–Trinajstić information content (AvgIpc) is 2.82. The van der Waals surface area contributed by atoms with E-state index in [9.17, 15) is 4.79 Å². The molecule has 1 aromatic carbocycles. The molecular weight excluding hydrogens is 214 g/mol. The highest BCUT2D eigenvalue weighted by atomic mass is 16.5. The van der Waals surface area contributed by atoms with E-state index in [0.29, 0.717) is 6.54 Å². The molecule has 0 spiro atoms. The first-order valence-electron chi connectivity index (χ1n) is 6.25. The lowest BCUT2D eigenvalue weighted by Gasteiger charge is -2.16. The van der Waals surface area contributed by atoms with Crippen molar-refractivity contribution in [1.82, 2.24) is 4.90 Å². The molecule has 0 saturated carbocycles. The summed E-state index contributed by atoms with van der Waals surface area (Å²) in [5, 5.41) is 0. The monoisotopic (exact) mass is 233 g/mol. The van der Waals surface area contributed by atoms with Gasteiger partial charge in [0.1, 0.15) is 5.75 Å². The third-order valence-corrected chi connectivity index (χ3v) is 3.27. The predicted octanol–water partition coefficient (Wildman–Crippen LogP) is 2.15. The van der Waals surface area contributed by atoms with E-state index in [2.05, 4.69) is 18.7 Å². The molecule has 1 heterocycles. The minimum Gasteiger partial charge on any atom is -0.493 e. The van der Waals surface area contributed by atoms with Gasteiger partial charge in [0, 0.05) is 12.0 Å². The summed E-state index contributed by atoms with van der Waals surface area (Å²) in [5.74, 6) is 1.13. The summed E-state index contributed by atoms with van der Waals surface area (Å²) in [7, 11) is 0. The Kier molecular flexibility index (Phi) is 3.79. The standard InChI is InChI=1S/C14H19NO2/c1-3-15(4-2)10-13(16)11-5-6-14-12(9-11)7-8-17-14/h5-6,9H,3-4,7-8,10H2,1-2H3. The van der Waals surface area contributed by atoms with Gasteiger partial charge in [-0.25, -0.2) is 0 Å². The number of likely N-dealkylation sites (N-methyl/N-ethyl adjacent to an activating group) is 1. The van der Waals surface area contributed by atoms with E-state index in [0.717, 1.165) is 43.0 Å². The second-order valence-electron chi connectivity index (χ2n) is 4.31. The van der Waals surface area contributed by atoms with Crippen molar-refractivity contribution in [3.8, 4) is 5.75 Å². The normalized spacial score (nSPS) is 13.6. The van der Waals surface area contributed by atoms with Gasteiger partial charge in [-0.1, -0.05) is 13.8 Å². The second-order valence-corrected chi connectivity index (χ2v) is 4.31. The van der Waals surface area contributed by atoms with Crippen LogP contribution < -0.4 is 4.74 Å². The van der Waals surface area contributed by atoms with Crippen LogP contribution in [-0.2, 0) is 6.42 Å². The zero-order valence-corrected chi connectivity index (χ0v) is 10.5. The Morgan fingerprint density at radius 2 is 2.12 bits per heavy atom. The lowest BCUT2D eigenvalue weighted by atomic mass is 10.1. The minimum absolute atomic E-state index is 0.198. The van der Waals surface area contributed by atoms with Gasteiger partial charge in [-0.2, -0.15) is 0 Å². The van der Waals surface area contributed by atoms with Gasteiger partial charge in [-0.05, 0) is 36.9 Å². The van der Waals surface area contributed by atoms with Crippen molar-refractivity contribution >= 4 is 5.78 Å². The minimum atomic E-state index is 0.198. The molecule has 0 unspecified atom stereocenters. The summed E-state index contributed by atoms with van der Waals surface area (Å²) >= 11 is 0. The van der Waals surface area contributed by atoms with Gasteiger partial charge < -0.3 is 4.74 Å². The summed E-state index contributed by atoms with van der Waals surface area (Å²) in [6.07, 6.45) is 0.918. The molecule has 0 saturated heterocycles. The SMILES string of the molecule is CCN(CC)CC(=O)c1ccc2c(c1)CCO2. The number of ether oxygens (including phenoxy) is 1. The first-order valence-corrected chi connectivity index (χ1v) is 6.25. The Morgan fingerprint density at radius 3 is 2.82 bits per heavy atom. The van der Waals surface area contributed by atoms with E-state index in [-0.39, 0.29) is 5.78 Å². The molecule has 1 aliphatic rings. The first kappa shape index (κ1) is 12.1. The highest BCUT2D eigenvalue weighted by molar-refractivity contribution is 5.98. The number of benzene rings is 1. The van der Waals surface area contributed by atoms with Crippen LogP contribution in [0, 0.1) is 0 Å². The maximum Gasteiger partial charge on any atom is 0.176 e. The zero-order valence-electron chi connectivity index (χ0n) is 10.5. The van der Waals surface area contributed by atoms with Crippen LogP contribution in [0.25, 0.3) is 0 Å². The van der Waals surface area contributed by atoms with Crippen LogP contribution in [0.4, 0.5) is 0 Å². The molecule has 3 nitrogen and oxygen atoms in total. The molecule has 0 fully saturated rings. The number of rotatable bonds is 5. The molecule has 0 atom stereocenters. The molecule has 92 valence electrons. The van der Waals surface area contributed by atoms with Crippen molar-refractivity contribution in [1.29, 1.82) is 0 Å². The van der Waals surface area contributed by atoms with Crippen molar-refractivity contribution in [3.05, 3.63) is 29.3 Å². The third kappa shape index (κ3) is 2.67. The fourth-order valence-electron chi connectivity index (χ4n) is 2.10. The van der Waals surface area contributed by atoms with Crippen molar-refractivity contribution in [2.24, 2.45) is 0 Å². The molecule has 0 N–H and O–H groups in total. The molecule has 0 bridgehead atoms. The Bertz CT molecular complexity index is 411. The molecule has 2 rings (SSSR count).